The maximum Gasteiger partial charge on any atom is 0.331 e. The molecule has 2 heterocycles. The van der Waals surface area contributed by atoms with Crippen LogP contribution in [0.4, 0.5) is 0 Å². The molecule has 1 saturated heterocycles. The molecule has 1 fully saturated rings. The van der Waals surface area contributed by atoms with E-state index in [1.54, 1.807) is 45.7 Å². The normalized spacial score (nSPS) is 31.9. The molecule has 13 atom stereocenters. The van der Waals surface area contributed by atoms with Crippen LogP contribution >= 0.6 is 15.9 Å². The lowest BCUT2D eigenvalue weighted by molar-refractivity contribution is -0.164. The standard InChI is InChI=1S/C41H69BrO11/c1-23-11-24(2)17-39(50)52-38-20-31(14-25(3)13-29(43)12-23)53-41(38,9)37(49)16-26(4)15-35(47)40(7,8)36(48)21-33(46)28(6)32(45)19-30(44)18-27(5)34(22-42)51-10/h16-17,22-23,25,28-33,35-38,43-49H,5,11-15,18-21H2,1-4,6-10H3/b24-17+,26-16+,34-22+/t23?,25?,28?,29?,30?,31-,32?,33?,35?,36?,37?,38+,41+/m0/s1. The van der Waals surface area contributed by atoms with Crippen molar-refractivity contribution in [3.05, 3.63) is 46.2 Å². The van der Waals surface area contributed by atoms with Gasteiger partial charge in [-0.25, -0.2) is 4.79 Å². The van der Waals surface area contributed by atoms with E-state index in [2.05, 4.69) is 36.4 Å². The van der Waals surface area contributed by atoms with Gasteiger partial charge in [0.25, 0.3) is 0 Å². The quantitative estimate of drug-likeness (QED) is 0.0460. The van der Waals surface area contributed by atoms with Crippen molar-refractivity contribution in [2.24, 2.45) is 23.2 Å². The van der Waals surface area contributed by atoms with Crippen molar-refractivity contribution in [1.82, 2.24) is 0 Å². The van der Waals surface area contributed by atoms with Crippen LogP contribution in [-0.4, -0.2) is 109 Å². The second-order valence-electron chi connectivity index (χ2n) is 17.0. The Morgan fingerprint density at radius 3 is 2.25 bits per heavy atom. The fraction of sp³-hybridized carbons (Fsp3) is 0.780. The summed E-state index contributed by atoms with van der Waals surface area (Å²) in [6.07, 6.45) is -1.94. The Bertz CT molecular complexity index is 1280. The number of fused-ring (bicyclic) bond motifs is 2. The van der Waals surface area contributed by atoms with E-state index < -0.39 is 71.7 Å². The first-order valence-corrected chi connectivity index (χ1v) is 20.0. The van der Waals surface area contributed by atoms with Gasteiger partial charge in [-0.05, 0) is 76.7 Å². The van der Waals surface area contributed by atoms with Gasteiger partial charge in [0.05, 0.1) is 49.8 Å². The second-order valence-corrected chi connectivity index (χ2v) is 17.4. The Labute approximate surface area is 325 Å². The molecule has 10 unspecified atom stereocenters. The highest BCUT2D eigenvalue weighted by molar-refractivity contribution is 9.11. The lowest BCUT2D eigenvalue weighted by Crippen LogP contribution is -2.48. The van der Waals surface area contributed by atoms with E-state index in [0.29, 0.717) is 49.0 Å². The van der Waals surface area contributed by atoms with Crippen LogP contribution < -0.4 is 0 Å². The molecule has 2 rings (SSSR count). The van der Waals surface area contributed by atoms with E-state index in [9.17, 15) is 40.5 Å². The van der Waals surface area contributed by atoms with Crippen LogP contribution in [0.15, 0.2) is 46.2 Å². The summed E-state index contributed by atoms with van der Waals surface area (Å²) < 4.78 is 17.6. The van der Waals surface area contributed by atoms with Crippen LogP contribution in [0, 0.1) is 23.2 Å². The number of allylic oxidation sites excluding steroid dienone is 2. The maximum atomic E-state index is 13.0. The molecule has 0 aliphatic carbocycles. The Balaban J connectivity index is 2.11. The molecule has 2 aliphatic rings. The fourth-order valence-electron chi connectivity index (χ4n) is 7.69. The fourth-order valence-corrected chi connectivity index (χ4v) is 8.20. The molecule has 0 aromatic carbocycles. The Morgan fingerprint density at radius 1 is 1.04 bits per heavy atom. The molecule has 0 radical (unpaired) electrons. The summed E-state index contributed by atoms with van der Waals surface area (Å²) in [5.41, 5.74) is -0.339. The number of aliphatic hydroxyl groups is 7. The molecule has 0 aromatic heterocycles. The van der Waals surface area contributed by atoms with Gasteiger partial charge in [-0.15, -0.1) is 0 Å². The lowest BCUT2D eigenvalue weighted by Gasteiger charge is -2.38. The van der Waals surface area contributed by atoms with Crippen molar-refractivity contribution in [3.8, 4) is 0 Å². The number of carbonyl (C=O) groups is 1. The van der Waals surface area contributed by atoms with Crippen molar-refractivity contribution in [2.75, 3.05) is 7.11 Å². The summed E-state index contributed by atoms with van der Waals surface area (Å²) >= 11 is 3.19. The lowest BCUT2D eigenvalue weighted by atomic mass is 9.75. The smallest absolute Gasteiger partial charge is 0.331 e. The Kier molecular flexibility index (Phi) is 18.9. The van der Waals surface area contributed by atoms with Gasteiger partial charge in [-0.3, -0.25) is 0 Å². The van der Waals surface area contributed by atoms with Crippen LogP contribution in [0.2, 0.25) is 0 Å². The summed E-state index contributed by atoms with van der Waals surface area (Å²) in [7, 11) is 1.48. The summed E-state index contributed by atoms with van der Waals surface area (Å²) in [5, 5.41) is 77.0. The summed E-state index contributed by atoms with van der Waals surface area (Å²) in [6.45, 7) is 18.4. The molecule has 2 bridgehead atoms. The molecule has 12 heteroatoms. The van der Waals surface area contributed by atoms with Crippen LogP contribution in [-0.2, 0) is 19.0 Å². The third-order valence-electron chi connectivity index (χ3n) is 11.4. The third-order valence-corrected chi connectivity index (χ3v) is 11.9. The highest BCUT2D eigenvalue weighted by atomic mass is 79.9. The molecular formula is C41H69BrO11. The summed E-state index contributed by atoms with van der Waals surface area (Å²) in [6, 6.07) is 0. The van der Waals surface area contributed by atoms with Gasteiger partial charge in [-0.2, -0.15) is 0 Å². The molecule has 306 valence electrons. The van der Waals surface area contributed by atoms with Gasteiger partial charge >= 0.3 is 5.97 Å². The Morgan fingerprint density at radius 2 is 1.64 bits per heavy atom. The first-order valence-electron chi connectivity index (χ1n) is 19.1. The largest absolute Gasteiger partial charge is 0.496 e. The van der Waals surface area contributed by atoms with Crippen LogP contribution in [0.3, 0.4) is 0 Å². The maximum absolute atomic E-state index is 13.0. The molecule has 0 spiro atoms. The van der Waals surface area contributed by atoms with Gasteiger partial charge in [0, 0.05) is 41.7 Å². The van der Waals surface area contributed by atoms with Gasteiger partial charge in [0.1, 0.15) is 23.6 Å². The van der Waals surface area contributed by atoms with Crippen molar-refractivity contribution in [1.29, 1.82) is 0 Å². The summed E-state index contributed by atoms with van der Waals surface area (Å²) in [4.78, 5) is 14.6. The minimum absolute atomic E-state index is 0.0217. The number of esters is 1. The molecule has 0 aromatic rings. The highest BCUT2D eigenvalue weighted by Crippen LogP contribution is 2.41. The van der Waals surface area contributed by atoms with Crippen LogP contribution in [0.1, 0.15) is 113 Å². The zero-order valence-electron chi connectivity index (χ0n) is 33.4. The number of halogens is 1. The van der Waals surface area contributed by atoms with E-state index in [-0.39, 0.29) is 43.6 Å². The van der Waals surface area contributed by atoms with E-state index >= 15 is 0 Å². The molecule has 0 amide bonds. The molecule has 0 saturated carbocycles. The average Bonchev–Trinajstić information content (AvgIpc) is 3.34. The van der Waals surface area contributed by atoms with Crippen molar-refractivity contribution < 1.29 is 54.8 Å². The third kappa shape index (κ3) is 14.1. The number of hydrogen-bond acceptors (Lipinski definition) is 11. The topological polar surface area (TPSA) is 186 Å². The van der Waals surface area contributed by atoms with Crippen LogP contribution in [0.5, 0.6) is 0 Å². The highest BCUT2D eigenvalue weighted by Gasteiger charge is 2.52. The average molecular weight is 818 g/mol. The first kappa shape index (κ1) is 47.5. The number of methoxy groups -OCH3 is 1. The van der Waals surface area contributed by atoms with Gasteiger partial charge in [0.15, 0.2) is 0 Å². The van der Waals surface area contributed by atoms with E-state index in [4.69, 9.17) is 14.2 Å². The predicted octanol–water partition coefficient (Wildman–Crippen LogP) is 5.37. The number of aliphatic hydroxyl groups excluding tert-OH is 7. The van der Waals surface area contributed by atoms with Crippen LogP contribution in [0.25, 0.3) is 0 Å². The summed E-state index contributed by atoms with van der Waals surface area (Å²) in [5.74, 6) is -0.376. The van der Waals surface area contributed by atoms with Crippen molar-refractivity contribution in [3.63, 3.8) is 0 Å². The number of rotatable bonds is 16. The molecular weight excluding hydrogens is 748 g/mol. The molecule has 2 aliphatic heterocycles. The number of ether oxygens (including phenoxy) is 3. The van der Waals surface area contributed by atoms with Gasteiger partial charge < -0.3 is 50.0 Å². The minimum Gasteiger partial charge on any atom is -0.496 e. The minimum atomic E-state index is -1.27. The van der Waals surface area contributed by atoms with E-state index in [0.717, 1.165) is 5.57 Å². The first-order chi connectivity index (χ1) is 24.5. The van der Waals surface area contributed by atoms with Gasteiger partial charge in [-0.1, -0.05) is 74.3 Å². The van der Waals surface area contributed by atoms with E-state index in [1.807, 2.05) is 6.92 Å². The number of hydrogen-bond donors (Lipinski definition) is 7. The van der Waals surface area contributed by atoms with E-state index in [1.165, 1.54) is 13.2 Å². The monoisotopic (exact) mass is 816 g/mol. The SMILES string of the molecule is C=C(CC(O)CC(O)C(C)C(O)CC(O)C(C)(C)C(O)C/C(C)=C/C(O)[C@@]1(C)O[C@H]2CC(C)CC(O)CC(C)C/C(C)=C/C(=O)O[C@@H]1C2)/C(=C\Br)OC. The van der Waals surface area contributed by atoms with Gasteiger partial charge in [0.2, 0.25) is 0 Å². The zero-order valence-corrected chi connectivity index (χ0v) is 35.0. The number of carbonyl (C=O) groups excluding carboxylic acids is 1. The van der Waals surface area contributed by atoms with Crippen molar-refractivity contribution >= 4 is 21.9 Å². The predicted molar refractivity (Wildman–Crippen MR) is 209 cm³/mol. The zero-order chi connectivity index (χ0) is 40.4. The molecule has 11 nitrogen and oxygen atoms in total. The second kappa shape index (κ2) is 21.1. The Hall–Kier alpha value is -1.61. The van der Waals surface area contributed by atoms with Crippen molar-refractivity contribution in [2.45, 2.75) is 174 Å². The molecule has 7 N–H and O–H groups in total. The molecule has 53 heavy (non-hydrogen) atoms.